The maximum Gasteiger partial charge on any atom is 0.307 e. The normalized spacial score (nSPS) is 24.0. The molecule has 0 bridgehead atoms. The number of carboxylic acids is 1. The highest BCUT2D eigenvalue weighted by Gasteiger charge is 2.37. The molecular formula is C13H15BrClNO4S. The Hall–Kier alpha value is -0.630. The summed E-state index contributed by atoms with van der Waals surface area (Å²) in [6, 6.07) is 4.59. The highest BCUT2D eigenvalue weighted by atomic mass is 79.9. The first-order valence-corrected chi connectivity index (χ1v) is 9.01. The summed E-state index contributed by atoms with van der Waals surface area (Å²) in [4.78, 5) is 11.2. The zero-order chi connectivity index (χ0) is 15.8. The molecule has 1 aromatic carbocycles. The van der Waals surface area contributed by atoms with Gasteiger partial charge in [0.2, 0.25) is 10.0 Å². The minimum atomic E-state index is -3.81. The van der Waals surface area contributed by atoms with E-state index < -0.39 is 21.9 Å². The Bertz CT molecular complexity index is 664. The second-order valence-electron chi connectivity index (χ2n) is 5.27. The van der Waals surface area contributed by atoms with Crippen LogP contribution in [0, 0.1) is 11.8 Å². The van der Waals surface area contributed by atoms with E-state index in [1.54, 1.807) is 6.07 Å². The van der Waals surface area contributed by atoms with Crippen LogP contribution in [0.25, 0.3) is 0 Å². The van der Waals surface area contributed by atoms with E-state index in [4.69, 9.17) is 16.7 Å². The third-order valence-electron chi connectivity index (χ3n) is 3.49. The Kier molecular flexibility index (Phi) is 4.97. The number of aliphatic carboxylic acids is 1. The van der Waals surface area contributed by atoms with Crippen LogP contribution in [0.15, 0.2) is 27.6 Å². The number of hydrogen-bond donors (Lipinski definition) is 1. The van der Waals surface area contributed by atoms with E-state index in [2.05, 4.69) is 15.9 Å². The van der Waals surface area contributed by atoms with Gasteiger partial charge in [0.05, 0.1) is 10.9 Å². The Morgan fingerprint density at radius 1 is 1.43 bits per heavy atom. The number of carboxylic acid groups (broad SMARTS) is 1. The fourth-order valence-corrected chi connectivity index (χ4v) is 5.11. The third-order valence-corrected chi connectivity index (χ3v) is 6.29. The Labute approximate surface area is 137 Å². The largest absolute Gasteiger partial charge is 0.481 e. The van der Waals surface area contributed by atoms with Crippen molar-refractivity contribution in [2.24, 2.45) is 11.8 Å². The first kappa shape index (κ1) is 16.7. The van der Waals surface area contributed by atoms with E-state index in [1.807, 2.05) is 6.92 Å². The second kappa shape index (κ2) is 6.24. The standard InChI is InChI=1S/C13H15BrClNO4S/c1-8-4-9(13(17)18)7-16(6-8)21(19,20)12-5-10(14)2-3-11(12)15/h2-3,5,8-9H,4,6-7H2,1H3,(H,17,18). The van der Waals surface area contributed by atoms with Gasteiger partial charge < -0.3 is 5.11 Å². The van der Waals surface area contributed by atoms with Crippen LogP contribution in [0.4, 0.5) is 0 Å². The molecule has 1 heterocycles. The van der Waals surface area contributed by atoms with Crippen molar-refractivity contribution < 1.29 is 18.3 Å². The van der Waals surface area contributed by atoms with Gasteiger partial charge in [-0.05, 0) is 30.5 Å². The average Bonchev–Trinajstić information content (AvgIpc) is 2.40. The summed E-state index contributed by atoms with van der Waals surface area (Å²) in [7, 11) is -3.81. The van der Waals surface area contributed by atoms with Gasteiger partial charge >= 0.3 is 5.97 Å². The molecule has 5 nitrogen and oxygen atoms in total. The number of nitrogens with zero attached hydrogens (tertiary/aromatic N) is 1. The summed E-state index contributed by atoms with van der Waals surface area (Å²) < 4.78 is 27.2. The summed E-state index contributed by atoms with van der Waals surface area (Å²) in [6.07, 6.45) is 0.480. The van der Waals surface area contributed by atoms with Gasteiger partial charge in [-0.2, -0.15) is 4.31 Å². The number of piperidine rings is 1. The van der Waals surface area contributed by atoms with E-state index in [0.29, 0.717) is 17.4 Å². The van der Waals surface area contributed by atoms with Crippen LogP contribution in [-0.4, -0.2) is 36.9 Å². The van der Waals surface area contributed by atoms with Gasteiger partial charge in [-0.3, -0.25) is 4.79 Å². The van der Waals surface area contributed by atoms with Gasteiger partial charge in [0.25, 0.3) is 0 Å². The summed E-state index contributed by atoms with van der Waals surface area (Å²) in [5.41, 5.74) is 0. The maximum atomic E-state index is 12.7. The number of hydrogen-bond acceptors (Lipinski definition) is 3. The Morgan fingerprint density at radius 2 is 2.10 bits per heavy atom. The molecule has 0 spiro atoms. The molecule has 2 rings (SSSR count). The topological polar surface area (TPSA) is 74.7 Å². The lowest BCUT2D eigenvalue weighted by Gasteiger charge is -2.33. The van der Waals surface area contributed by atoms with Gasteiger partial charge in [-0.15, -0.1) is 0 Å². The molecule has 1 saturated heterocycles. The number of carbonyl (C=O) groups is 1. The molecule has 0 radical (unpaired) electrons. The molecule has 1 N–H and O–H groups in total. The Balaban J connectivity index is 2.38. The second-order valence-corrected chi connectivity index (χ2v) is 8.50. The van der Waals surface area contributed by atoms with E-state index in [0.717, 1.165) is 0 Å². The predicted octanol–water partition coefficient (Wildman–Crippen LogP) is 2.83. The zero-order valence-electron chi connectivity index (χ0n) is 11.3. The summed E-state index contributed by atoms with van der Waals surface area (Å²) in [6.45, 7) is 2.12. The SMILES string of the molecule is CC1CC(C(=O)O)CN(S(=O)(=O)c2cc(Br)ccc2Cl)C1. The quantitative estimate of drug-likeness (QED) is 0.852. The zero-order valence-corrected chi connectivity index (χ0v) is 14.4. The van der Waals surface area contributed by atoms with Crippen molar-refractivity contribution in [2.75, 3.05) is 13.1 Å². The third kappa shape index (κ3) is 3.59. The van der Waals surface area contributed by atoms with E-state index in [1.165, 1.54) is 16.4 Å². The van der Waals surface area contributed by atoms with Gasteiger partial charge in [0.15, 0.2) is 0 Å². The molecule has 1 aliphatic heterocycles. The van der Waals surface area contributed by atoms with E-state index in [9.17, 15) is 13.2 Å². The molecular weight excluding hydrogens is 382 g/mol. The van der Waals surface area contributed by atoms with Crippen LogP contribution in [0.2, 0.25) is 5.02 Å². The lowest BCUT2D eigenvalue weighted by Crippen LogP contribution is -2.45. The molecule has 0 aromatic heterocycles. The number of benzene rings is 1. The number of halogens is 2. The van der Waals surface area contributed by atoms with Crippen LogP contribution in [0.1, 0.15) is 13.3 Å². The molecule has 116 valence electrons. The molecule has 0 saturated carbocycles. The molecule has 8 heteroatoms. The summed E-state index contributed by atoms with van der Waals surface area (Å²) in [5.74, 6) is -1.67. The first-order chi connectivity index (χ1) is 9.71. The van der Waals surface area contributed by atoms with Crippen LogP contribution in [0.5, 0.6) is 0 Å². The monoisotopic (exact) mass is 395 g/mol. The summed E-state index contributed by atoms with van der Waals surface area (Å²) >= 11 is 9.22. The highest BCUT2D eigenvalue weighted by molar-refractivity contribution is 9.10. The molecule has 1 aromatic rings. The molecule has 2 atom stereocenters. The molecule has 0 amide bonds. The van der Waals surface area contributed by atoms with Crippen LogP contribution in [-0.2, 0) is 14.8 Å². The number of rotatable bonds is 3. The molecule has 0 aliphatic carbocycles. The highest BCUT2D eigenvalue weighted by Crippen LogP contribution is 2.31. The molecule has 1 aliphatic rings. The van der Waals surface area contributed by atoms with Crippen molar-refractivity contribution >= 4 is 43.5 Å². The minimum absolute atomic E-state index is 0.00298. The lowest BCUT2D eigenvalue weighted by molar-refractivity contribution is -0.143. The maximum absolute atomic E-state index is 12.7. The first-order valence-electron chi connectivity index (χ1n) is 6.40. The summed E-state index contributed by atoms with van der Waals surface area (Å²) in [5, 5.41) is 9.28. The van der Waals surface area contributed by atoms with Gasteiger partial charge in [0, 0.05) is 17.6 Å². The van der Waals surface area contributed by atoms with Gasteiger partial charge in [0.1, 0.15) is 4.90 Å². The van der Waals surface area contributed by atoms with E-state index in [-0.39, 0.29) is 22.4 Å². The van der Waals surface area contributed by atoms with Crippen molar-refractivity contribution in [3.05, 3.63) is 27.7 Å². The molecule has 21 heavy (non-hydrogen) atoms. The lowest BCUT2D eigenvalue weighted by atomic mass is 9.92. The molecule has 2 unspecified atom stereocenters. The molecule has 1 fully saturated rings. The Morgan fingerprint density at radius 3 is 2.71 bits per heavy atom. The number of sulfonamides is 1. The van der Waals surface area contributed by atoms with Crippen LogP contribution >= 0.6 is 27.5 Å². The van der Waals surface area contributed by atoms with Crippen molar-refractivity contribution in [3.8, 4) is 0 Å². The average molecular weight is 397 g/mol. The van der Waals surface area contributed by atoms with Gasteiger partial charge in [-0.25, -0.2) is 8.42 Å². The minimum Gasteiger partial charge on any atom is -0.481 e. The smallest absolute Gasteiger partial charge is 0.307 e. The van der Waals surface area contributed by atoms with Gasteiger partial charge in [-0.1, -0.05) is 34.5 Å². The van der Waals surface area contributed by atoms with Crippen molar-refractivity contribution in [1.82, 2.24) is 4.31 Å². The fraction of sp³-hybridized carbons (Fsp3) is 0.462. The van der Waals surface area contributed by atoms with Crippen LogP contribution < -0.4 is 0 Å². The van der Waals surface area contributed by atoms with Crippen molar-refractivity contribution in [2.45, 2.75) is 18.2 Å². The van der Waals surface area contributed by atoms with Crippen molar-refractivity contribution in [1.29, 1.82) is 0 Å². The van der Waals surface area contributed by atoms with E-state index >= 15 is 0 Å². The fourth-order valence-electron chi connectivity index (χ4n) is 2.49. The van der Waals surface area contributed by atoms with Crippen LogP contribution in [0.3, 0.4) is 0 Å². The predicted molar refractivity (Wildman–Crippen MR) is 82.8 cm³/mol. The van der Waals surface area contributed by atoms with Crippen molar-refractivity contribution in [3.63, 3.8) is 0 Å².